The van der Waals surface area contributed by atoms with Crippen molar-refractivity contribution in [2.24, 2.45) is 5.92 Å². The van der Waals surface area contributed by atoms with Gasteiger partial charge < -0.3 is 0 Å². The zero-order chi connectivity index (χ0) is 7.99. The zero-order valence-corrected chi connectivity index (χ0v) is 6.13. The average Bonchev–Trinajstić information content (AvgIpc) is 1.95. The van der Waals surface area contributed by atoms with Crippen molar-refractivity contribution in [3.05, 3.63) is 0 Å². The molecule has 0 aromatic rings. The molecule has 1 unspecified atom stereocenters. The van der Waals surface area contributed by atoms with Crippen LogP contribution in [-0.4, -0.2) is 11.6 Å². The van der Waals surface area contributed by atoms with E-state index in [0.717, 1.165) is 0 Å². The van der Waals surface area contributed by atoms with Crippen LogP contribution >= 0.6 is 0 Å². The summed E-state index contributed by atoms with van der Waals surface area (Å²) in [7, 11) is 0. The van der Waals surface area contributed by atoms with Gasteiger partial charge in [-0.25, -0.2) is 13.2 Å². The van der Waals surface area contributed by atoms with Crippen LogP contribution in [0.2, 0.25) is 0 Å². The summed E-state index contributed by atoms with van der Waals surface area (Å²) in [5.41, 5.74) is -1.66. The average molecular weight is 152 g/mol. The number of hydrogen-bond acceptors (Lipinski definition) is 0. The lowest BCUT2D eigenvalue weighted by Gasteiger charge is -2.22. The number of rotatable bonds is 0. The van der Waals surface area contributed by atoms with Gasteiger partial charge in [-0.15, -0.1) is 0 Å². The Morgan fingerprint density at radius 3 is 1.80 bits per heavy atom. The fraction of sp³-hybridized carbons (Fsp3) is 1.00. The molecule has 1 saturated carbocycles. The third kappa shape index (κ3) is 1.02. The van der Waals surface area contributed by atoms with Gasteiger partial charge in [0.15, 0.2) is 0 Å². The van der Waals surface area contributed by atoms with Crippen LogP contribution in [0.1, 0.15) is 26.7 Å². The van der Waals surface area contributed by atoms with Crippen LogP contribution in [0.3, 0.4) is 0 Å². The molecule has 60 valence electrons. The number of hydrogen-bond donors (Lipinski definition) is 0. The summed E-state index contributed by atoms with van der Waals surface area (Å²) >= 11 is 0. The van der Waals surface area contributed by atoms with Gasteiger partial charge in [0.05, 0.1) is 5.92 Å². The van der Waals surface area contributed by atoms with Crippen LogP contribution in [0.25, 0.3) is 0 Å². The molecule has 0 aromatic carbocycles. The normalized spacial score (nSPS) is 45.9. The summed E-state index contributed by atoms with van der Waals surface area (Å²) in [4.78, 5) is 0. The minimum absolute atomic E-state index is 0.0127. The summed E-state index contributed by atoms with van der Waals surface area (Å²) in [6, 6.07) is 0. The first-order chi connectivity index (χ1) is 4.36. The Bertz CT molecular complexity index is 124. The molecule has 10 heavy (non-hydrogen) atoms. The van der Waals surface area contributed by atoms with Crippen molar-refractivity contribution in [3.8, 4) is 0 Å². The maximum Gasteiger partial charge on any atom is 0.253 e. The molecule has 0 spiro atoms. The molecule has 3 heteroatoms. The van der Waals surface area contributed by atoms with Crippen molar-refractivity contribution in [2.75, 3.05) is 0 Å². The molecule has 0 heterocycles. The molecular weight excluding hydrogens is 141 g/mol. The van der Waals surface area contributed by atoms with Crippen LogP contribution in [0.15, 0.2) is 0 Å². The quantitative estimate of drug-likeness (QED) is 0.500. The standard InChI is InChI=1S/C7H11F3/c1-5-6(2,8)3-4-7(5,9)10/h5H,3-4H2,1-2H3/t5-,6?/m1/s1. The number of alkyl halides is 3. The Labute approximate surface area is 58.4 Å². The molecule has 0 N–H and O–H groups in total. The van der Waals surface area contributed by atoms with Gasteiger partial charge in [-0.1, -0.05) is 6.92 Å². The lowest BCUT2D eigenvalue weighted by Crippen LogP contribution is -2.30. The summed E-state index contributed by atoms with van der Waals surface area (Å²) in [6.45, 7) is 2.52. The molecule has 0 amide bonds. The van der Waals surface area contributed by atoms with Gasteiger partial charge in [0.1, 0.15) is 5.67 Å². The van der Waals surface area contributed by atoms with E-state index in [0.29, 0.717) is 0 Å². The van der Waals surface area contributed by atoms with Crippen molar-refractivity contribution >= 4 is 0 Å². The van der Waals surface area contributed by atoms with E-state index in [1.165, 1.54) is 13.8 Å². The lowest BCUT2D eigenvalue weighted by atomic mass is 9.95. The molecule has 1 aliphatic rings. The second-order valence-electron chi connectivity index (χ2n) is 3.26. The van der Waals surface area contributed by atoms with E-state index in [9.17, 15) is 13.2 Å². The van der Waals surface area contributed by atoms with Gasteiger partial charge in [-0.3, -0.25) is 0 Å². The SMILES string of the molecule is C[C@@H]1C(C)(F)CCC1(F)F. The summed E-state index contributed by atoms with van der Waals surface area (Å²) in [6.07, 6.45) is -0.317. The fourth-order valence-corrected chi connectivity index (χ4v) is 1.28. The van der Waals surface area contributed by atoms with E-state index in [-0.39, 0.29) is 12.8 Å². The van der Waals surface area contributed by atoms with Crippen LogP contribution in [0, 0.1) is 5.92 Å². The monoisotopic (exact) mass is 152 g/mol. The van der Waals surface area contributed by atoms with Crippen molar-refractivity contribution in [3.63, 3.8) is 0 Å². The second-order valence-corrected chi connectivity index (χ2v) is 3.26. The topological polar surface area (TPSA) is 0 Å². The van der Waals surface area contributed by atoms with Crippen molar-refractivity contribution in [1.82, 2.24) is 0 Å². The number of halogens is 3. The molecule has 1 rings (SSSR count). The highest BCUT2D eigenvalue weighted by atomic mass is 19.3. The van der Waals surface area contributed by atoms with E-state index in [2.05, 4.69) is 0 Å². The molecule has 0 aromatic heterocycles. The molecular formula is C7H11F3. The van der Waals surface area contributed by atoms with E-state index in [1.807, 2.05) is 0 Å². The Morgan fingerprint density at radius 2 is 1.70 bits per heavy atom. The van der Waals surface area contributed by atoms with Crippen molar-refractivity contribution in [1.29, 1.82) is 0 Å². The molecule has 0 bridgehead atoms. The third-order valence-corrected chi connectivity index (χ3v) is 2.48. The largest absolute Gasteiger partial charge is 0.253 e. The molecule has 1 fully saturated rings. The smallest absolute Gasteiger partial charge is 0.244 e. The Balaban J connectivity index is 2.77. The summed E-state index contributed by atoms with van der Waals surface area (Å²) < 4.78 is 38.2. The van der Waals surface area contributed by atoms with Crippen LogP contribution in [-0.2, 0) is 0 Å². The van der Waals surface area contributed by atoms with E-state index in [4.69, 9.17) is 0 Å². The molecule has 0 radical (unpaired) electrons. The molecule has 0 saturated heterocycles. The Kier molecular flexibility index (Phi) is 1.49. The summed E-state index contributed by atoms with van der Waals surface area (Å²) in [5.74, 6) is -3.91. The Morgan fingerprint density at radius 1 is 1.20 bits per heavy atom. The van der Waals surface area contributed by atoms with Crippen molar-refractivity contribution in [2.45, 2.75) is 38.3 Å². The first-order valence-corrected chi connectivity index (χ1v) is 3.43. The minimum Gasteiger partial charge on any atom is -0.244 e. The second kappa shape index (κ2) is 1.89. The zero-order valence-electron chi connectivity index (χ0n) is 6.13. The van der Waals surface area contributed by atoms with Crippen LogP contribution < -0.4 is 0 Å². The Hall–Kier alpha value is -0.210. The predicted octanol–water partition coefficient (Wildman–Crippen LogP) is 2.78. The van der Waals surface area contributed by atoms with E-state index >= 15 is 0 Å². The lowest BCUT2D eigenvalue weighted by molar-refractivity contribution is -0.0585. The van der Waals surface area contributed by atoms with Gasteiger partial charge in [0.2, 0.25) is 0 Å². The first-order valence-electron chi connectivity index (χ1n) is 3.43. The highest BCUT2D eigenvalue weighted by Gasteiger charge is 2.54. The molecule has 2 atom stereocenters. The third-order valence-electron chi connectivity index (χ3n) is 2.48. The predicted molar refractivity (Wildman–Crippen MR) is 32.9 cm³/mol. The summed E-state index contributed by atoms with van der Waals surface area (Å²) in [5, 5.41) is 0. The maximum absolute atomic E-state index is 13.0. The molecule has 0 aliphatic heterocycles. The van der Waals surface area contributed by atoms with E-state index in [1.54, 1.807) is 0 Å². The van der Waals surface area contributed by atoms with Crippen LogP contribution in [0.4, 0.5) is 13.2 Å². The first kappa shape index (κ1) is 7.89. The minimum atomic E-state index is -2.79. The van der Waals surface area contributed by atoms with Crippen LogP contribution in [0.5, 0.6) is 0 Å². The van der Waals surface area contributed by atoms with Gasteiger partial charge >= 0.3 is 0 Å². The van der Waals surface area contributed by atoms with Crippen molar-refractivity contribution < 1.29 is 13.2 Å². The van der Waals surface area contributed by atoms with Gasteiger partial charge in [-0.05, 0) is 13.3 Å². The highest BCUT2D eigenvalue weighted by molar-refractivity contribution is 4.96. The molecule has 0 nitrogen and oxygen atoms in total. The highest BCUT2D eigenvalue weighted by Crippen LogP contribution is 2.48. The molecule has 1 aliphatic carbocycles. The van der Waals surface area contributed by atoms with E-state index < -0.39 is 17.5 Å². The van der Waals surface area contributed by atoms with Gasteiger partial charge in [0, 0.05) is 6.42 Å². The van der Waals surface area contributed by atoms with Gasteiger partial charge in [-0.2, -0.15) is 0 Å². The maximum atomic E-state index is 13.0. The fourth-order valence-electron chi connectivity index (χ4n) is 1.28. The van der Waals surface area contributed by atoms with Gasteiger partial charge in [0.25, 0.3) is 5.92 Å².